The van der Waals surface area contributed by atoms with Crippen molar-refractivity contribution in [1.82, 2.24) is 24.1 Å². The van der Waals surface area contributed by atoms with Gasteiger partial charge in [0, 0.05) is 18.0 Å². The molecule has 4 aromatic rings. The van der Waals surface area contributed by atoms with Crippen molar-refractivity contribution in [3.63, 3.8) is 0 Å². The molecule has 0 bridgehead atoms. The average molecular weight is 414 g/mol. The van der Waals surface area contributed by atoms with Crippen LogP contribution in [0.2, 0.25) is 0 Å². The second-order valence-electron chi connectivity index (χ2n) is 6.30. The SMILES string of the molecule is CSc1nc(C)cn2c(-c3cnn(CC(=O)Nc4cccc(F)c4F)c3)cnc12. The second-order valence-corrected chi connectivity index (χ2v) is 7.10. The molecule has 3 aromatic heterocycles. The molecule has 0 fully saturated rings. The Morgan fingerprint density at radius 1 is 1.24 bits per heavy atom. The molecule has 0 aliphatic heterocycles. The number of halogens is 2. The molecule has 7 nitrogen and oxygen atoms in total. The van der Waals surface area contributed by atoms with Crippen LogP contribution in [0.5, 0.6) is 0 Å². The topological polar surface area (TPSA) is 77.1 Å². The standard InChI is InChI=1S/C19H16F2N6OS/c1-11-8-27-15(7-22-18(27)19(24-11)29-2)12-6-23-26(9-12)10-16(28)25-14-5-3-4-13(20)17(14)21/h3-9H,10H2,1-2H3,(H,25,28). The monoisotopic (exact) mass is 414 g/mol. The number of imidazole rings is 1. The lowest BCUT2D eigenvalue weighted by molar-refractivity contribution is -0.116. The summed E-state index contributed by atoms with van der Waals surface area (Å²) in [5, 5.41) is 7.36. The van der Waals surface area contributed by atoms with Crippen LogP contribution in [0.4, 0.5) is 14.5 Å². The fraction of sp³-hybridized carbons (Fsp3) is 0.158. The number of rotatable bonds is 5. The Kier molecular flexibility index (Phi) is 5.01. The van der Waals surface area contributed by atoms with Crippen LogP contribution in [0.15, 0.2) is 48.0 Å². The zero-order valence-electron chi connectivity index (χ0n) is 15.6. The Morgan fingerprint density at radius 3 is 2.86 bits per heavy atom. The van der Waals surface area contributed by atoms with E-state index in [4.69, 9.17) is 0 Å². The van der Waals surface area contributed by atoms with Crippen molar-refractivity contribution in [3.05, 3.63) is 60.3 Å². The van der Waals surface area contributed by atoms with Gasteiger partial charge in [0.15, 0.2) is 17.3 Å². The molecule has 3 heterocycles. The van der Waals surface area contributed by atoms with Crippen LogP contribution in [0.1, 0.15) is 5.69 Å². The first-order chi connectivity index (χ1) is 14.0. The molecule has 0 saturated heterocycles. The van der Waals surface area contributed by atoms with E-state index in [0.29, 0.717) is 0 Å². The molecule has 0 aliphatic rings. The largest absolute Gasteiger partial charge is 0.322 e. The highest BCUT2D eigenvalue weighted by Gasteiger charge is 2.15. The minimum absolute atomic E-state index is 0.149. The van der Waals surface area contributed by atoms with Gasteiger partial charge in [-0.3, -0.25) is 13.9 Å². The molecule has 148 valence electrons. The molecule has 0 aliphatic carbocycles. The number of hydrogen-bond donors (Lipinski definition) is 1. The highest BCUT2D eigenvalue weighted by Crippen LogP contribution is 2.25. The molecule has 29 heavy (non-hydrogen) atoms. The van der Waals surface area contributed by atoms with Gasteiger partial charge >= 0.3 is 0 Å². The maximum atomic E-state index is 13.7. The van der Waals surface area contributed by atoms with Crippen LogP contribution < -0.4 is 5.32 Å². The van der Waals surface area contributed by atoms with Gasteiger partial charge in [0.05, 0.1) is 29.5 Å². The van der Waals surface area contributed by atoms with Gasteiger partial charge in [-0.15, -0.1) is 11.8 Å². The predicted molar refractivity (Wildman–Crippen MR) is 106 cm³/mol. The summed E-state index contributed by atoms with van der Waals surface area (Å²) < 4.78 is 30.3. The van der Waals surface area contributed by atoms with Gasteiger partial charge in [0.25, 0.3) is 0 Å². The van der Waals surface area contributed by atoms with E-state index in [2.05, 4.69) is 20.4 Å². The zero-order chi connectivity index (χ0) is 20.5. The molecule has 0 spiro atoms. The van der Waals surface area contributed by atoms with Gasteiger partial charge in [-0.25, -0.2) is 18.7 Å². The fourth-order valence-corrected chi connectivity index (χ4v) is 3.51. The number of anilines is 1. The number of nitrogens with zero attached hydrogens (tertiary/aromatic N) is 5. The molecule has 4 rings (SSSR count). The van der Waals surface area contributed by atoms with E-state index in [1.165, 1.54) is 28.6 Å². The number of carbonyl (C=O) groups is 1. The first-order valence-electron chi connectivity index (χ1n) is 8.61. The number of aryl methyl sites for hydroxylation is 1. The minimum Gasteiger partial charge on any atom is -0.322 e. The highest BCUT2D eigenvalue weighted by molar-refractivity contribution is 7.98. The van der Waals surface area contributed by atoms with E-state index in [0.717, 1.165) is 33.7 Å². The molecule has 1 amide bonds. The normalized spacial score (nSPS) is 11.2. The summed E-state index contributed by atoms with van der Waals surface area (Å²) in [6.07, 6.45) is 8.86. The predicted octanol–water partition coefficient (Wildman–Crippen LogP) is 3.54. The smallest absolute Gasteiger partial charge is 0.246 e. The van der Waals surface area contributed by atoms with Crippen LogP contribution >= 0.6 is 11.8 Å². The zero-order valence-corrected chi connectivity index (χ0v) is 16.4. The number of nitrogens with one attached hydrogen (secondary N) is 1. The number of fused-ring (bicyclic) bond motifs is 1. The molecule has 1 aromatic carbocycles. The van der Waals surface area contributed by atoms with E-state index in [-0.39, 0.29) is 12.2 Å². The molecule has 0 saturated carbocycles. The van der Waals surface area contributed by atoms with Crippen LogP contribution in [0, 0.1) is 18.6 Å². The quantitative estimate of drug-likeness (QED) is 0.506. The lowest BCUT2D eigenvalue weighted by atomic mass is 10.3. The first kappa shape index (κ1) is 19.1. The van der Waals surface area contributed by atoms with E-state index in [1.807, 2.05) is 23.8 Å². The van der Waals surface area contributed by atoms with Crippen molar-refractivity contribution in [1.29, 1.82) is 0 Å². The lowest BCUT2D eigenvalue weighted by Gasteiger charge is -2.07. The van der Waals surface area contributed by atoms with Crippen LogP contribution in [0.3, 0.4) is 0 Å². The molecular formula is C19H16F2N6OS. The van der Waals surface area contributed by atoms with Gasteiger partial charge in [0.2, 0.25) is 5.91 Å². The lowest BCUT2D eigenvalue weighted by Crippen LogP contribution is -2.19. The summed E-state index contributed by atoms with van der Waals surface area (Å²) in [7, 11) is 0. The number of aromatic nitrogens is 5. The van der Waals surface area contributed by atoms with Gasteiger partial charge < -0.3 is 5.32 Å². The van der Waals surface area contributed by atoms with Gasteiger partial charge in [0.1, 0.15) is 11.6 Å². The summed E-state index contributed by atoms with van der Waals surface area (Å²) >= 11 is 1.51. The molecule has 1 N–H and O–H groups in total. The Balaban J connectivity index is 1.56. The summed E-state index contributed by atoms with van der Waals surface area (Å²) in [5.41, 5.74) is 2.95. The molecule has 10 heteroatoms. The summed E-state index contributed by atoms with van der Waals surface area (Å²) in [5.74, 6) is -2.64. The van der Waals surface area contributed by atoms with Gasteiger partial charge in [-0.2, -0.15) is 5.10 Å². The number of amides is 1. The minimum atomic E-state index is -1.10. The average Bonchev–Trinajstić information content (AvgIpc) is 3.31. The number of thioether (sulfide) groups is 1. The second kappa shape index (κ2) is 7.63. The maximum Gasteiger partial charge on any atom is 0.246 e. The molecule has 0 atom stereocenters. The van der Waals surface area contributed by atoms with Crippen molar-refractivity contribution >= 4 is 29.0 Å². The van der Waals surface area contributed by atoms with E-state index in [9.17, 15) is 13.6 Å². The van der Waals surface area contributed by atoms with Crippen LogP contribution in [-0.2, 0) is 11.3 Å². The fourth-order valence-electron chi connectivity index (χ4n) is 2.95. The third-order valence-electron chi connectivity index (χ3n) is 4.24. The van der Waals surface area contributed by atoms with Crippen molar-refractivity contribution in [2.75, 3.05) is 11.6 Å². The maximum absolute atomic E-state index is 13.7. The van der Waals surface area contributed by atoms with E-state index >= 15 is 0 Å². The Bertz CT molecular complexity index is 1220. The van der Waals surface area contributed by atoms with Crippen molar-refractivity contribution in [3.8, 4) is 11.3 Å². The van der Waals surface area contributed by atoms with Crippen LogP contribution in [-0.4, -0.2) is 36.3 Å². The third kappa shape index (κ3) is 3.70. The summed E-state index contributed by atoms with van der Waals surface area (Å²) in [6.45, 7) is 1.76. The van der Waals surface area contributed by atoms with Crippen LogP contribution in [0.25, 0.3) is 16.9 Å². The highest BCUT2D eigenvalue weighted by atomic mass is 32.2. The number of carbonyl (C=O) groups excluding carboxylic acids is 1. The molecule has 0 radical (unpaired) electrons. The Labute approximate surface area is 168 Å². The number of benzene rings is 1. The third-order valence-corrected chi connectivity index (χ3v) is 4.90. The number of hydrogen-bond acceptors (Lipinski definition) is 5. The first-order valence-corrected chi connectivity index (χ1v) is 9.84. The van der Waals surface area contributed by atoms with Crippen molar-refractivity contribution in [2.24, 2.45) is 0 Å². The van der Waals surface area contributed by atoms with Crippen molar-refractivity contribution in [2.45, 2.75) is 18.5 Å². The van der Waals surface area contributed by atoms with Gasteiger partial charge in [-0.05, 0) is 25.3 Å². The Morgan fingerprint density at radius 2 is 2.07 bits per heavy atom. The van der Waals surface area contributed by atoms with E-state index < -0.39 is 17.5 Å². The molecule has 0 unspecified atom stereocenters. The van der Waals surface area contributed by atoms with Gasteiger partial charge in [-0.1, -0.05) is 6.07 Å². The van der Waals surface area contributed by atoms with E-state index in [1.54, 1.807) is 18.6 Å². The summed E-state index contributed by atoms with van der Waals surface area (Å²) in [4.78, 5) is 21.1. The summed E-state index contributed by atoms with van der Waals surface area (Å²) in [6, 6.07) is 3.60. The van der Waals surface area contributed by atoms with Crippen molar-refractivity contribution < 1.29 is 13.6 Å². The molecular weight excluding hydrogens is 398 g/mol. The Hall–Kier alpha value is -3.27.